The van der Waals surface area contributed by atoms with Crippen LogP contribution in [0.4, 0.5) is 0 Å². The van der Waals surface area contributed by atoms with Crippen molar-refractivity contribution in [3.8, 4) is 0 Å². The second-order valence-electron chi connectivity index (χ2n) is 4.17. The summed E-state index contributed by atoms with van der Waals surface area (Å²) in [5.74, 6) is 2.98. The molecule has 0 spiro atoms. The predicted octanol–water partition coefficient (Wildman–Crippen LogP) is 3.04. The van der Waals surface area contributed by atoms with Gasteiger partial charge >= 0.3 is 0 Å². The smallest absolute Gasteiger partial charge is 0.0703 e. The highest BCUT2D eigenvalue weighted by molar-refractivity contribution is 6.12. The van der Waals surface area contributed by atoms with Gasteiger partial charge in [-0.1, -0.05) is 45.9 Å². The van der Waals surface area contributed by atoms with E-state index in [1.165, 1.54) is 19.3 Å². The van der Waals surface area contributed by atoms with Gasteiger partial charge in [0, 0.05) is 0 Å². The number of hydrogen-bond donors (Lipinski definition) is 0. The van der Waals surface area contributed by atoms with Crippen LogP contribution in [0.5, 0.6) is 0 Å². The van der Waals surface area contributed by atoms with Crippen LogP contribution < -0.4 is 0 Å². The Labute approximate surface area is 72.2 Å². The van der Waals surface area contributed by atoms with E-state index in [1.807, 2.05) is 0 Å². The van der Waals surface area contributed by atoms with E-state index in [-0.39, 0.29) is 0 Å². The van der Waals surface area contributed by atoms with Crippen LogP contribution in [0.3, 0.4) is 0 Å². The summed E-state index contributed by atoms with van der Waals surface area (Å²) < 4.78 is 0. The lowest BCUT2D eigenvalue weighted by Crippen LogP contribution is -2.09. The van der Waals surface area contributed by atoms with Crippen LogP contribution >= 0.6 is 0 Å². The molecular weight excluding hydrogens is 131 g/mol. The van der Waals surface area contributed by atoms with Crippen molar-refractivity contribution in [2.75, 3.05) is 0 Å². The standard InChI is InChI=1S/C10H19B/c1-4-5-9-6-10(11)8(3)7(9)2/h7-10H,4-6H2,1-3H3. The fraction of sp³-hybridized carbons (Fsp3) is 1.00. The molecule has 1 fully saturated rings. The molecule has 0 heterocycles. The van der Waals surface area contributed by atoms with E-state index in [0.717, 1.165) is 17.8 Å². The zero-order valence-corrected chi connectivity index (χ0v) is 8.01. The molecule has 4 atom stereocenters. The Bertz CT molecular complexity index is 122. The SMILES string of the molecule is [B]C1CC(CCC)C(C)C1C. The van der Waals surface area contributed by atoms with Crippen molar-refractivity contribution in [3.05, 3.63) is 0 Å². The molecule has 11 heavy (non-hydrogen) atoms. The minimum atomic E-state index is 0.474. The molecule has 1 aliphatic carbocycles. The third-order valence-electron chi connectivity index (χ3n) is 3.48. The molecular formula is C10H19B. The fourth-order valence-electron chi connectivity index (χ4n) is 2.35. The zero-order chi connectivity index (χ0) is 8.43. The maximum Gasteiger partial charge on any atom is 0.0703 e. The highest BCUT2D eigenvalue weighted by Gasteiger charge is 2.33. The van der Waals surface area contributed by atoms with Gasteiger partial charge in [0.15, 0.2) is 0 Å². The largest absolute Gasteiger partial charge is 0.0743 e. The summed E-state index contributed by atoms with van der Waals surface area (Å²) in [6.07, 6.45) is 3.95. The van der Waals surface area contributed by atoms with E-state index in [2.05, 4.69) is 20.8 Å². The van der Waals surface area contributed by atoms with E-state index >= 15 is 0 Å². The average Bonchev–Trinajstić information content (AvgIpc) is 2.19. The van der Waals surface area contributed by atoms with Crippen molar-refractivity contribution >= 4 is 7.85 Å². The highest BCUT2D eigenvalue weighted by Crippen LogP contribution is 2.44. The fourth-order valence-corrected chi connectivity index (χ4v) is 2.35. The van der Waals surface area contributed by atoms with Crippen molar-refractivity contribution < 1.29 is 0 Å². The van der Waals surface area contributed by atoms with Gasteiger partial charge in [-0.25, -0.2) is 0 Å². The van der Waals surface area contributed by atoms with Crippen LogP contribution in [0.2, 0.25) is 5.82 Å². The molecule has 1 rings (SSSR count). The summed E-state index contributed by atoms with van der Waals surface area (Å²) >= 11 is 0. The van der Waals surface area contributed by atoms with Crippen LogP contribution in [0, 0.1) is 17.8 Å². The van der Waals surface area contributed by atoms with E-state index in [9.17, 15) is 0 Å². The lowest BCUT2D eigenvalue weighted by atomic mass is 9.78. The van der Waals surface area contributed by atoms with E-state index < -0.39 is 0 Å². The van der Waals surface area contributed by atoms with Gasteiger partial charge in [0.05, 0.1) is 7.85 Å². The summed E-state index contributed by atoms with van der Waals surface area (Å²) in [5.41, 5.74) is 0. The topological polar surface area (TPSA) is 0 Å². The normalized spacial score (nSPS) is 44.6. The van der Waals surface area contributed by atoms with Gasteiger partial charge in [-0.3, -0.25) is 0 Å². The molecule has 1 aliphatic rings. The minimum absolute atomic E-state index is 0.474. The molecule has 4 unspecified atom stereocenters. The first-order valence-electron chi connectivity index (χ1n) is 4.92. The summed E-state index contributed by atoms with van der Waals surface area (Å²) in [6, 6.07) is 0. The first kappa shape index (κ1) is 9.16. The van der Waals surface area contributed by atoms with Gasteiger partial charge in [0.25, 0.3) is 0 Å². The van der Waals surface area contributed by atoms with Crippen LogP contribution in [-0.2, 0) is 0 Å². The lowest BCUT2D eigenvalue weighted by Gasteiger charge is -2.17. The number of rotatable bonds is 2. The van der Waals surface area contributed by atoms with Crippen LogP contribution in [0.1, 0.15) is 40.0 Å². The highest BCUT2D eigenvalue weighted by atomic mass is 14.4. The Kier molecular flexibility index (Phi) is 3.03. The molecule has 62 valence electrons. The number of hydrogen-bond acceptors (Lipinski definition) is 0. The van der Waals surface area contributed by atoms with Gasteiger partial charge in [-0.05, 0) is 17.8 Å². The Morgan fingerprint density at radius 1 is 1.27 bits per heavy atom. The maximum atomic E-state index is 5.99. The van der Waals surface area contributed by atoms with Crippen molar-refractivity contribution in [3.63, 3.8) is 0 Å². The lowest BCUT2D eigenvalue weighted by molar-refractivity contribution is 0.337. The van der Waals surface area contributed by atoms with Gasteiger partial charge < -0.3 is 0 Å². The summed E-state index contributed by atoms with van der Waals surface area (Å²) in [6.45, 7) is 6.92. The molecule has 1 saturated carbocycles. The van der Waals surface area contributed by atoms with Crippen molar-refractivity contribution in [2.45, 2.75) is 45.9 Å². The van der Waals surface area contributed by atoms with E-state index in [4.69, 9.17) is 7.85 Å². The van der Waals surface area contributed by atoms with Crippen molar-refractivity contribution in [1.29, 1.82) is 0 Å². The van der Waals surface area contributed by atoms with E-state index in [1.54, 1.807) is 0 Å². The van der Waals surface area contributed by atoms with Crippen molar-refractivity contribution in [2.24, 2.45) is 17.8 Å². The molecule has 0 aromatic carbocycles. The van der Waals surface area contributed by atoms with Gasteiger partial charge in [0.1, 0.15) is 0 Å². The maximum absolute atomic E-state index is 5.99. The summed E-state index contributed by atoms with van der Waals surface area (Å²) in [7, 11) is 5.99. The van der Waals surface area contributed by atoms with Crippen molar-refractivity contribution in [1.82, 2.24) is 0 Å². The van der Waals surface area contributed by atoms with Crippen LogP contribution in [0.25, 0.3) is 0 Å². The molecule has 0 aromatic heterocycles. The Morgan fingerprint density at radius 3 is 2.27 bits per heavy atom. The molecule has 2 radical (unpaired) electrons. The Hall–Kier alpha value is 0.0649. The molecule has 0 amide bonds. The third kappa shape index (κ3) is 1.80. The van der Waals surface area contributed by atoms with Gasteiger partial charge in [-0.15, -0.1) is 0 Å². The molecule has 0 aromatic rings. The average molecular weight is 150 g/mol. The molecule has 1 heteroatoms. The first-order chi connectivity index (χ1) is 5.16. The first-order valence-corrected chi connectivity index (χ1v) is 4.92. The monoisotopic (exact) mass is 150 g/mol. The van der Waals surface area contributed by atoms with E-state index in [0.29, 0.717) is 5.82 Å². The van der Waals surface area contributed by atoms with Crippen LogP contribution in [-0.4, -0.2) is 7.85 Å². The molecule has 0 nitrogen and oxygen atoms in total. The molecule has 0 saturated heterocycles. The minimum Gasteiger partial charge on any atom is -0.0743 e. The predicted molar refractivity (Wildman–Crippen MR) is 50.8 cm³/mol. The second-order valence-corrected chi connectivity index (χ2v) is 4.17. The molecule has 0 bridgehead atoms. The third-order valence-corrected chi connectivity index (χ3v) is 3.48. The van der Waals surface area contributed by atoms with Gasteiger partial charge in [0.2, 0.25) is 0 Å². The van der Waals surface area contributed by atoms with Gasteiger partial charge in [-0.2, -0.15) is 0 Å². The second kappa shape index (κ2) is 3.64. The Morgan fingerprint density at radius 2 is 1.91 bits per heavy atom. The van der Waals surface area contributed by atoms with Crippen LogP contribution in [0.15, 0.2) is 0 Å². The summed E-state index contributed by atoms with van der Waals surface area (Å²) in [4.78, 5) is 0. The summed E-state index contributed by atoms with van der Waals surface area (Å²) in [5, 5.41) is 0. The zero-order valence-electron chi connectivity index (χ0n) is 8.01. The molecule has 0 N–H and O–H groups in total. The molecule has 0 aliphatic heterocycles. The quantitative estimate of drug-likeness (QED) is 0.530. The Balaban J connectivity index is 2.45.